The van der Waals surface area contributed by atoms with Crippen molar-refractivity contribution in [2.75, 3.05) is 13.1 Å². The molecular formula is C16H21N3O2. The van der Waals surface area contributed by atoms with Gasteiger partial charge in [-0.1, -0.05) is 6.42 Å². The van der Waals surface area contributed by atoms with Crippen molar-refractivity contribution in [3.8, 4) is 0 Å². The zero-order valence-electron chi connectivity index (χ0n) is 12.3. The highest BCUT2D eigenvalue weighted by Crippen LogP contribution is 2.31. The first-order valence-corrected chi connectivity index (χ1v) is 8.09. The summed E-state index contributed by atoms with van der Waals surface area (Å²) >= 11 is 0. The van der Waals surface area contributed by atoms with Crippen molar-refractivity contribution in [3.05, 3.63) is 27.7 Å². The van der Waals surface area contributed by atoms with E-state index in [4.69, 9.17) is 0 Å². The molecule has 5 heteroatoms. The van der Waals surface area contributed by atoms with Gasteiger partial charge in [0.25, 0.3) is 5.56 Å². The number of fused-ring (bicyclic) bond motifs is 1. The number of aryl methyl sites for hydroxylation is 2. The quantitative estimate of drug-likeness (QED) is 0.833. The van der Waals surface area contributed by atoms with Crippen molar-refractivity contribution in [2.45, 2.75) is 45.1 Å². The Morgan fingerprint density at radius 3 is 2.76 bits per heavy atom. The van der Waals surface area contributed by atoms with Crippen molar-refractivity contribution in [1.29, 1.82) is 0 Å². The highest BCUT2D eigenvalue weighted by atomic mass is 16.2. The van der Waals surface area contributed by atoms with Gasteiger partial charge in [-0.2, -0.15) is 5.10 Å². The Kier molecular flexibility index (Phi) is 3.08. The molecule has 5 nitrogen and oxygen atoms in total. The smallest absolute Gasteiger partial charge is 0.267 e. The van der Waals surface area contributed by atoms with Gasteiger partial charge < -0.3 is 4.90 Å². The molecule has 1 amide bonds. The van der Waals surface area contributed by atoms with Gasteiger partial charge in [0.15, 0.2) is 0 Å². The summed E-state index contributed by atoms with van der Waals surface area (Å²) in [6.45, 7) is 2.24. The topological polar surface area (TPSA) is 55.2 Å². The molecule has 1 saturated heterocycles. The number of amides is 1. The van der Waals surface area contributed by atoms with Gasteiger partial charge in [-0.3, -0.25) is 9.59 Å². The molecule has 0 spiro atoms. The Morgan fingerprint density at radius 2 is 2.05 bits per heavy atom. The van der Waals surface area contributed by atoms with Gasteiger partial charge in [-0.05, 0) is 37.7 Å². The van der Waals surface area contributed by atoms with E-state index in [-0.39, 0.29) is 11.5 Å². The number of likely N-dealkylation sites (tertiary alicyclic amines) is 1. The molecule has 2 aliphatic carbocycles. The van der Waals surface area contributed by atoms with Crippen LogP contribution in [0.3, 0.4) is 0 Å². The van der Waals surface area contributed by atoms with Crippen LogP contribution in [-0.4, -0.2) is 33.7 Å². The molecule has 3 aliphatic rings. The minimum Gasteiger partial charge on any atom is -0.342 e. The number of carbonyl (C=O) groups excluding carboxylic acids is 1. The van der Waals surface area contributed by atoms with Crippen molar-refractivity contribution in [1.82, 2.24) is 14.7 Å². The first kappa shape index (κ1) is 13.0. The standard InChI is InChI=1S/C16H21N3O2/c20-15-7-13-5-2-6-14(13)17-19(15)10-11-8-18(9-11)16(21)12-3-1-4-12/h7,11-12H,1-6,8-10H2. The van der Waals surface area contributed by atoms with E-state index in [2.05, 4.69) is 5.10 Å². The van der Waals surface area contributed by atoms with E-state index < -0.39 is 0 Å². The summed E-state index contributed by atoms with van der Waals surface area (Å²) in [6, 6.07) is 1.76. The lowest BCUT2D eigenvalue weighted by Crippen LogP contribution is -2.54. The second-order valence-corrected chi connectivity index (χ2v) is 6.73. The number of aromatic nitrogens is 2. The summed E-state index contributed by atoms with van der Waals surface area (Å²) in [5.41, 5.74) is 2.24. The molecule has 112 valence electrons. The highest BCUT2D eigenvalue weighted by molar-refractivity contribution is 5.80. The minimum absolute atomic E-state index is 0.0134. The Balaban J connectivity index is 1.38. The first-order valence-electron chi connectivity index (χ1n) is 8.09. The molecular weight excluding hydrogens is 266 g/mol. The van der Waals surface area contributed by atoms with Crippen molar-refractivity contribution in [3.63, 3.8) is 0 Å². The Morgan fingerprint density at radius 1 is 1.24 bits per heavy atom. The summed E-state index contributed by atoms with van der Waals surface area (Å²) in [4.78, 5) is 26.1. The lowest BCUT2D eigenvalue weighted by atomic mass is 9.83. The zero-order chi connectivity index (χ0) is 14.4. The van der Waals surface area contributed by atoms with Gasteiger partial charge >= 0.3 is 0 Å². The second-order valence-electron chi connectivity index (χ2n) is 6.73. The normalized spacial score (nSPS) is 21.8. The van der Waals surface area contributed by atoms with Crippen molar-refractivity contribution in [2.24, 2.45) is 11.8 Å². The molecule has 0 radical (unpaired) electrons. The number of nitrogens with zero attached hydrogens (tertiary/aromatic N) is 3. The van der Waals surface area contributed by atoms with Crippen LogP contribution < -0.4 is 5.56 Å². The Labute approximate surface area is 123 Å². The second kappa shape index (κ2) is 4.97. The van der Waals surface area contributed by atoms with Crippen molar-refractivity contribution < 1.29 is 4.79 Å². The predicted molar refractivity (Wildman–Crippen MR) is 77.9 cm³/mol. The molecule has 1 aromatic heterocycles. The number of hydrogen-bond donors (Lipinski definition) is 0. The zero-order valence-corrected chi connectivity index (χ0v) is 12.3. The van der Waals surface area contributed by atoms with Gasteiger partial charge in [-0.15, -0.1) is 0 Å². The molecule has 0 atom stereocenters. The van der Waals surface area contributed by atoms with Gasteiger partial charge in [-0.25, -0.2) is 4.68 Å². The van der Waals surface area contributed by atoms with E-state index in [1.54, 1.807) is 10.7 Å². The van der Waals surface area contributed by atoms with Crippen LogP contribution in [0, 0.1) is 11.8 Å². The van der Waals surface area contributed by atoms with Crippen LogP contribution in [0.2, 0.25) is 0 Å². The van der Waals surface area contributed by atoms with Crippen LogP contribution in [0.15, 0.2) is 10.9 Å². The van der Waals surface area contributed by atoms with E-state index in [1.165, 1.54) is 6.42 Å². The number of rotatable bonds is 3. The maximum atomic E-state index is 12.1. The molecule has 4 rings (SSSR count). The van der Waals surface area contributed by atoms with E-state index in [0.29, 0.717) is 18.4 Å². The van der Waals surface area contributed by atoms with Gasteiger partial charge in [0.2, 0.25) is 5.91 Å². The number of hydrogen-bond acceptors (Lipinski definition) is 3. The van der Waals surface area contributed by atoms with Crippen LogP contribution in [0.1, 0.15) is 36.9 Å². The molecule has 0 N–H and O–H groups in total. The van der Waals surface area contributed by atoms with Gasteiger partial charge in [0, 0.05) is 31.0 Å². The Bertz CT molecular complexity index is 627. The Hall–Kier alpha value is -1.65. The first-order chi connectivity index (χ1) is 10.2. The average Bonchev–Trinajstić information content (AvgIpc) is 2.77. The van der Waals surface area contributed by atoms with Crippen LogP contribution >= 0.6 is 0 Å². The lowest BCUT2D eigenvalue weighted by molar-refractivity contribution is -0.145. The molecule has 1 saturated carbocycles. The van der Waals surface area contributed by atoms with Crippen LogP contribution in [-0.2, 0) is 24.2 Å². The average molecular weight is 287 g/mol. The summed E-state index contributed by atoms with van der Waals surface area (Å²) in [6.07, 6.45) is 6.41. The van der Waals surface area contributed by atoms with Gasteiger partial charge in [0.05, 0.1) is 12.2 Å². The van der Waals surface area contributed by atoms with Crippen LogP contribution in [0.4, 0.5) is 0 Å². The third kappa shape index (κ3) is 2.28. The molecule has 0 aromatic carbocycles. The van der Waals surface area contributed by atoms with E-state index >= 15 is 0 Å². The minimum atomic E-state index is 0.0134. The summed E-state index contributed by atoms with van der Waals surface area (Å²) in [7, 11) is 0. The summed E-state index contributed by atoms with van der Waals surface area (Å²) in [5.74, 6) is 0.997. The molecule has 0 unspecified atom stereocenters. The van der Waals surface area contributed by atoms with E-state index in [0.717, 1.165) is 56.5 Å². The number of carbonyl (C=O) groups is 1. The maximum Gasteiger partial charge on any atom is 0.267 e. The lowest BCUT2D eigenvalue weighted by Gasteiger charge is -2.42. The van der Waals surface area contributed by atoms with E-state index in [1.807, 2.05) is 4.90 Å². The van der Waals surface area contributed by atoms with Crippen LogP contribution in [0.25, 0.3) is 0 Å². The third-order valence-corrected chi connectivity index (χ3v) is 5.18. The SMILES string of the molecule is O=C(C1CCC1)N1CC(Cn2nc3c(cc2=O)CCC3)C1. The largest absolute Gasteiger partial charge is 0.342 e. The fourth-order valence-electron chi connectivity index (χ4n) is 3.59. The van der Waals surface area contributed by atoms with Crippen LogP contribution in [0.5, 0.6) is 0 Å². The molecule has 2 fully saturated rings. The third-order valence-electron chi connectivity index (χ3n) is 5.18. The summed E-state index contributed by atoms with van der Waals surface area (Å²) < 4.78 is 1.61. The molecule has 1 aliphatic heterocycles. The molecule has 2 heterocycles. The fourth-order valence-corrected chi connectivity index (χ4v) is 3.59. The monoisotopic (exact) mass is 287 g/mol. The molecule has 1 aromatic rings. The fraction of sp³-hybridized carbons (Fsp3) is 0.688. The maximum absolute atomic E-state index is 12.1. The summed E-state index contributed by atoms with van der Waals surface area (Å²) in [5, 5.41) is 4.51. The van der Waals surface area contributed by atoms with E-state index in [9.17, 15) is 9.59 Å². The molecule has 0 bridgehead atoms. The highest BCUT2D eigenvalue weighted by Gasteiger charge is 2.36. The van der Waals surface area contributed by atoms with Crippen molar-refractivity contribution >= 4 is 5.91 Å². The van der Waals surface area contributed by atoms with Gasteiger partial charge in [0.1, 0.15) is 0 Å². The molecule has 21 heavy (non-hydrogen) atoms. The predicted octanol–water partition coefficient (Wildman–Crippen LogP) is 0.990.